The standard InChI is InChI=1S/C19H19F4N3O3/c1-8-12(7-26(2)25-8)15-16(14-6-13(27)17(15)29-14)18(28)24-11-4-9(19(21,22)23)3-10(20)5-11/h3-5,7,13-17,27H,6H2,1-2H3,(H,24,28)/t13-,14+,15+,16-,17-/m0/s1. The number of aliphatic hydroxyl groups excluding tert-OH is 1. The lowest BCUT2D eigenvalue weighted by Crippen LogP contribution is -2.41. The van der Waals surface area contributed by atoms with Crippen LogP contribution < -0.4 is 5.32 Å². The summed E-state index contributed by atoms with van der Waals surface area (Å²) in [4.78, 5) is 13.0. The molecule has 2 bridgehead atoms. The summed E-state index contributed by atoms with van der Waals surface area (Å²) < 4.78 is 59.9. The van der Waals surface area contributed by atoms with E-state index in [0.29, 0.717) is 17.8 Å². The van der Waals surface area contributed by atoms with Gasteiger partial charge in [0.1, 0.15) is 5.82 Å². The van der Waals surface area contributed by atoms with Gasteiger partial charge in [0, 0.05) is 31.3 Å². The molecule has 1 aromatic carbocycles. The smallest absolute Gasteiger partial charge is 0.390 e. The molecule has 0 unspecified atom stereocenters. The van der Waals surface area contributed by atoms with Gasteiger partial charge in [-0.25, -0.2) is 4.39 Å². The van der Waals surface area contributed by atoms with Crippen LogP contribution in [0.5, 0.6) is 0 Å². The molecule has 0 radical (unpaired) electrons. The van der Waals surface area contributed by atoms with E-state index >= 15 is 0 Å². The lowest BCUT2D eigenvalue weighted by atomic mass is 9.74. The van der Waals surface area contributed by atoms with Crippen LogP contribution in [0.1, 0.15) is 29.2 Å². The minimum absolute atomic E-state index is 0.246. The first-order valence-corrected chi connectivity index (χ1v) is 9.07. The number of aliphatic hydroxyl groups is 1. The van der Waals surface area contributed by atoms with E-state index in [4.69, 9.17) is 4.74 Å². The van der Waals surface area contributed by atoms with Crippen LogP contribution in [0, 0.1) is 18.7 Å². The topological polar surface area (TPSA) is 76.4 Å². The molecule has 29 heavy (non-hydrogen) atoms. The second kappa shape index (κ2) is 6.81. The van der Waals surface area contributed by atoms with E-state index in [-0.39, 0.29) is 12.1 Å². The zero-order valence-electron chi connectivity index (χ0n) is 15.6. The minimum atomic E-state index is -4.74. The third kappa shape index (κ3) is 3.51. The molecule has 2 aliphatic rings. The summed E-state index contributed by atoms with van der Waals surface area (Å²) >= 11 is 0. The van der Waals surface area contributed by atoms with Gasteiger partial charge in [-0.05, 0) is 30.7 Å². The van der Waals surface area contributed by atoms with Crippen molar-refractivity contribution in [1.82, 2.24) is 9.78 Å². The number of carbonyl (C=O) groups is 1. The number of anilines is 1. The first kappa shape index (κ1) is 19.8. The van der Waals surface area contributed by atoms with E-state index in [0.717, 1.165) is 11.6 Å². The Morgan fingerprint density at radius 3 is 2.69 bits per heavy atom. The summed E-state index contributed by atoms with van der Waals surface area (Å²) in [6.45, 7) is 1.77. The summed E-state index contributed by atoms with van der Waals surface area (Å²) in [5.74, 6) is -2.94. The second-order valence-corrected chi connectivity index (χ2v) is 7.55. The molecule has 0 aliphatic carbocycles. The van der Waals surface area contributed by atoms with Crippen molar-refractivity contribution in [2.45, 2.75) is 43.8 Å². The quantitative estimate of drug-likeness (QED) is 0.759. The Hall–Kier alpha value is -2.46. The second-order valence-electron chi connectivity index (χ2n) is 7.55. The molecule has 2 fully saturated rings. The van der Waals surface area contributed by atoms with Gasteiger partial charge < -0.3 is 15.2 Å². The number of ether oxygens (including phenoxy) is 1. The third-order valence-electron chi connectivity index (χ3n) is 5.53. The number of nitrogens with zero attached hydrogens (tertiary/aromatic N) is 2. The molecule has 2 aromatic rings. The third-order valence-corrected chi connectivity index (χ3v) is 5.53. The molecule has 1 amide bonds. The predicted octanol–water partition coefficient (Wildman–Crippen LogP) is 2.76. The fraction of sp³-hybridized carbons (Fsp3) is 0.474. The van der Waals surface area contributed by atoms with Gasteiger partial charge in [-0.2, -0.15) is 18.3 Å². The normalized spacial score (nSPS) is 28.7. The highest BCUT2D eigenvalue weighted by Crippen LogP contribution is 2.50. The molecule has 2 saturated heterocycles. The van der Waals surface area contributed by atoms with E-state index in [1.807, 2.05) is 0 Å². The van der Waals surface area contributed by atoms with Crippen LogP contribution in [0.4, 0.5) is 23.2 Å². The highest BCUT2D eigenvalue weighted by molar-refractivity contribution is 5.94. The van der Waals surface area contributed by atoms with Gasteiger partial charge in [-0.3, -0.25) is 9.48 Å². The van der Waals surface area contributed by atoms with Gasteiger partial charge in [-0.15, -0.1) is 0 Å². The maximum Gasteiger partial charge on any atom is 0.416 e. The number of benzene rings is 1. The Labute approximate surface area is 163 Å². The van der Waals surface area contributed by atoms with Crippen LogP contribution in [0.15, 0.2) is 24.4 Å². The van der Waals surface area contributed by atoms with Crippen molar-refractivity contribution in [2.24, 2.45) is 13.0 Å². The number of aromatic nitrogens is 2. The summed E-state index contributed by atoms with van der Waals surface area (Å²) in [6.07, 6.45) is -4.71. The zero-order chi connectivity index (χ0) is 21.1. The van der Waals surface area contributed by atoms with Crippen LogP contribution in [0.3, 0.4) is 0 Å². The van der Waals surface area contributed by atoms with Crippen LogP contribution in [-0.2, 0) is 22.8 Å². The maximum atomic E-state index is 13.7. The van der Waals surface area contributed by atoms with Gasteiger partial charge in [0.25, 0.3) is 0 Å². The van der Waals surface area contributed by atoms with Gasteiger partial charge in [-0.1, -0.05) is 0 Å². The average molecular weight is 413 g/mol. The molecule has 6 nitrogen and oxygen atoms in total. The molecular formula is C19H19F4N3O3. The summed E-state index contributed by atoms with van der Waals surface area (Å²) in [5.41, 5.74) is -0.0720. The highest BCUT2D eigenvalue weighted by Gasteiger charge is 2.57. The predicted molar refractivity (Wildman–Crippen MR) is 93.5 cm³/mol. The number of nitrogens with one attached hydrogen (secondary N) is 1. The van der Waals surface area contributed by atoms with Crippen molar-refractivity contribution < 1.29 is 32.2 Å². The number of hydrogen-bond acceptors (Lipinski definition) is 4. The SMILES string of the molecule is Cc1nn(C)cc1[C@H]1[C@H]2O[C@H](C[C@@H]2O)[C@@H]1C(=O)Nc1cc(F)cc(C(F)(F)F)c1. The van der Waals surface area contributed by atoms with Crippen molar-refractivity contribution >= 4 is 11.6 Å². The zero-order valence-corrected chi connectivity index (χ0v) is 15.6. The molecule has 0 spiro atoms. The van der Waals surface area contributed by atoms with Crippen molar-refractivity contribution in [3.8, 4) is 0 Å². The number of fused-ring (bicyclic) bond motifs is 2. The van der Waals surface area contributed by atoms with Crippen molar-refractivity contribution in [1.29, 1.82) is 0 Å². The first-order valence-electron chi connectivity index (χ1n) is 9.07. The average Bonchev–Trinajstić information content (AvgIpc) is 3.24. The molecule has 10 heteroatoms. The number of rotatable bonds is 3. The lowest BCUT2D eigenvalue weighted by Gasteiger charge is -2.29. The summed E-state index contributed by atoms with van der Waals surface area (Å²) in [5, 5.41) is 16.9. The first-order chi connectivity index (χ1) is 13.5. The van der Waals surface area contributed by atoms with Gasteiger partial charge in [0.15, 0.2) is 0 Å². The van der Waals surface area contributed by atoms with E-state index in [2.05, 4.69) is 10.4 Å². The Kier molecular flexibility index (Phi) is 4.66. The molecule has 2 N–H and O–H groups in total. The molecule has 156 valence electrons. The van der Waals surface area contributed by atoms with Crippen molar-refractivity contribution in [2.75, 3.05) is 5.32 Å². The Morgan fingerprint density at radius 1 is 1.34 bits per heavy atom. The largest absolute Gasteiger partial charge is 0.416 e. The monoisotopic (exact) mass is 413 g/mol. The number of hydrogen-bond donors (Lipinski definition) is 2. The van der Waals surface area contributed by atoms with Gasteiger partial charge >= 0.3 is 6.18 Å². The molecule has 3 heterocycles. The molecule has 2 aliphatic heterocycles. The molecular weight excluding hydrogens is 394 g/mol. The van der Waals surface area contributed by atoms with Gasteiger partial charge in [0.05, 0.1) is 35.5 Å². The Balaban J connectivity index is 1.64. The number of aryl methyl sites for hydroxylation is 2. The van der Waals surface area contributed by atoms with Crippen LogP contribution >= 0.6 is 0 Å². The molecule has 4 rings (SSSR count). The summed E-state index contributed by atoms with van der Waals surface area (Å²) in [7, 11) is 1.72. The van der Waals surface area contributed by atoms with Crippen molar-refractivity contribution in [3.05, 3.63) is 47.0 Å². The fourth-order valence-corrected chi connectivity index (χ4v) is 4.41. The highest BCUT2D eigenvalue weighted by atomic mass is 19.4. The maximum absolute atomic E-state index is 13.7. The number of alkyl halides is 3. The lowest BCUT2D eigenvalue weighted by molar-refractivity contribution is -0.137. The molecule has 0 saturated carbocycles. The number of amides is 1. The van der Waals surface area contributed by atoms with Crippen molar-refractivity contribution in [3.63, 3.8) is 0 Å². The molecule has 5 atom stereocenters. The minimum Gasteiger partial charge on any atom is -0.390 e. The summed E-state index contributed by atoms with van der Waals surface area (Å²) in [6, 6.07) is 1.89. The van der Waals surface area contributed by atoms with E-state index in [1.54, 1.807) is 24.9 Å². The van der Waals surface area contributed by atoms with E-state index in [9.17, 15) is 27.5 Å². The van der Waals surface area contributed by atoms with E-state index < -0.39 is 53.6 Å². The van der Waals surface area contributed by atoms with Gasteiger partial charge in [0.2, 0.25) is 5.91 Å². The molecule has 1 aromatic heterocycles. The number of halogens is 4. The van der Waals surface area contributed by atoms with Crippen LogP contribution in [0.25, 0.3) is 0 Å². The Morgan fingerprint density at radius 2 is 2.07 bits per heavy atom. The van der Waals surface area contributed by atoms with Crippen LogP contribution in [-0.4, -0.2) is 39.1 Å². The number of carbonyl (C=O) groups excluding carboxylic acids is 1. The fourth-order valence-electron chi connectivity index (χ4n) is 4.41. The Bertz CT molecular complexity index is 959. The van der Waals surface area contributed by atoms with E-state index in [1.165, 1.54) is 0 Å². The van der Waals surface area contributed by atoms with Crippen LogP contribution in [0.2, 0.25) is 0 Å².